The number of fused-ring (bicyclic) bond motifs is 3. The molecule has 1 aromatic rings. The van der Waals surface area contributed by atoms with Crippen molar-refractivity contribution in [2.24, 2.45) is 18.9 Å². The predicted octanol–water partition coefficient (Wildman–Crippen LogP) is 2.30. The van der Waals surface area contributed by atoms with E-state index in [0.29, 0.717) is 5.57 Å². The number of carbonyl (C=O) groups is 1. The maximum Gasteiger partial charge on any atom is 0.176 e. The molecule has 0 saturated carbocycles. The van der Waals surface area contributed by atoms with Gasteiger partial charge in [0.1, 0.15) is 6.07 Å². The monoisotopic (exact) mass is 269 g/mol. The first-order valence-electron chi connectivity index (χ1n) is 7.21. The minimum atomic E-state index is -0.283. The van der Waals surface area contributed by atoms with E-state index in [1.807, 2.05) is 24.7 Å². The molecule has 0 radical (unpaired) electrons. The zero-order valence-electron chi connectivity index (χ0n) is 12.2. The molecule has 0 saturated heterocycles. The van der Waals surface area contributed by atoms with Crippen LogP contribution in [-0.2, 0) is 23.7 Å². The van der Waals surface area contributed by atoms with E-state index in [-0.39, 0.29) is 23.0 Å². The minimum absolute atomic E-state index is 0.0249. The normalized spacial score (nSPS) is 32.1. The molecule has 3 rings (SSSR count). The van der Waals surface area contributed by atoms with Gasteiger partial charge in [0.15, 0.2) is 5.78 Å². The van der Waals surface area contributed by atoms with Crippen molar-refractivity contribution >= 4 is 5.78 Å². The van der Waals surface area contributed by atoms with E-state index in [0.717, 1.165) is 25.0 Å². The maximum absolute atomic E-state index is 12.4. The number of nitriles is 1. The third-order valence-corrected chi connectivity index (χ3v) is 5.00. The van der Waals surface area contributed by atoms with Gasteiger partial charge in [0.25, 0.3) is 0 Å². The third kappa shape index (κ3) is 1.59. The molecule has 0 aromatic carbocycles. The van der Waals surface area contributed by atoms with Gasteiger partial charge in [0.05, 0.1) is 11.3 Å². The smallest absolute Gasteiger partial charge is 0.176 e. The Morgan fingerprint density at radius 3 is 3.00 bits per heavy atom. The Morgan fingerprint density at radius 2 is 2.35 bits per heavy atom. The van der Waals surface area contributed by atoms with E-state index in [2.05, 4.69) is 24.3 Å². The SMILES string of the molecule is CCC1C(=O)C(C#N)=CC2(C)c3nn(C)cc3CCC12. The van der Waals surface area contributed by atoms with Crippen molar-refractivity contribution in [2.75, 3.05) is 0 Å². The highest BCUT2D eigenvalue weighted by Crippen LogP contribution is 2.49. The zero-order valence-corrected chi connectivity index (χ0v) is 12.2. The molecule has 3 unspecified atom stereocenters. The molecule has 4 nitrogen and oxygen atoms in total. The fraction of sp³-hybridized carbons (Fsp3) is 0.562. The van der Waals surface area contributed by atoms with Crippen LogP contribution in [0.15, 0.2) is 17.8 Å². The van der Waals surface area contributed by atoms with Gasteiger partial charge >= 0.3 is 0 Å². The first-order valence-corrected chi connectivity index (χ1v) is 7.21. The molecule has 4 heteroatoms. The maximum atomic E-state index is 12.4. The molecule has 2 aliphatic carbocycles. The van der Waals surface area contributed by atoms with Crippen molar-refractivity contribution in [3.63, 3.8) is 0 Å². The Labute approximate surface area is 119 Å². The number of aromatic nitrogens is 2. The van der Waals surface area contributed by atoms with Gasteiger partial charge in [-0.1, -0.05) is 19.9 Å². The first-order chi connectivity index (χ1) is 9.51. The molecular formula is C16H19N3O. The number of aryl methyl sites for hydroxylation is 2. The number of hydrogen-bond donors (Lipinski definition) is 0. The lowest BCUT2D eigenvalue weighted by Gasteiger charge is -2.44. The average Bonchev–Trinajstić information content (AvgIpc) is 2.81. The van der Waals surface area contributed by atoms with Crippen molar-refractivity contribution in [3.8, 4) is 6.07 Å². The predicted molar refractivity (Wildman–Crippen MR) is 74.9 cm³/mol. The van der Waals surface area contributed by atoms with E-state index in [9.17, 15) is 10.1 Å². The third-order valence-electron chi connectivity index (χ3n) is 5.00. The highest BCUT2D eigenvalue weighted by Gasteiger charge is 2.50. The van der Waals surface area contributed by atoms with Crippen molar-refractivity contribution in [2.45, 2.75) is 38.5 Å². The summed E-state index contributed by atoms with van der Waals surface area (Å²) in [5.74, 6) is 0.242. The molecule has 20 heavy (non-hydrogen) atoms. The van der Waals surface area contributed by atoms with E-state index in [1.165, 1.54) is 5.56 Å². The summed E-state index contributed by atoms with van der Waals surface area (Å²) in [6, 6.07) is 2.09. The summed E-state index contributed by atoms with van der Waals surface area (Å²) in [6.07, 6.45) is 6.70. The Hall–Kier alpha value is -1.89. The van der Waals surface area contributed by atoms with Crippen molar-refractivity contribution in [3.05, 3.63) is 29.1 Å². The fourth-order valence-electron chi connectivity index (χ4n) is 4.07. The summed E-state index contributed by atoms with van der Waals surface area (Å²) in [4.78, 5) is 12.4. The average molecular weight is 269 g/mol. The van der Waals surface area contributed by atoms with Crippen LogP contribution in [0.25, 0.3) is 0 Å². The van der Waals surface area contributed by atoms with Crippen LogP contribution >= 0.6 is 0 Å². The standard InChI is InChI=1S/C16H19N3O/c1-4-12-13-6-5-10-9-19(3)18-15(10)16(13,2)7-11(8-17)14(12)20/h7,9,12-13H,4-6H2,1-3H3. The van der Waals surface area contributed by atoms with Crippen LogP contribution in [-0.4, -0.2) is 15.6 Å². The molecule has 0 aliphatic heterocycles. The molecule has 3 atom stereocenters. The summed E-state index contributed by atoms with van der Waals surface area (Å²) in [5.41, 5.74) is 2.34. The highest BCUT2D eigenvalue weighted by molar-refractivity contribution is 6.02. The Balaban J connectivity index is 2.22. The summed E-state index contributed by atoms with van der Waals surface area (Å²) in [5, 5.41) is 13.9. The van der Waals surface area contributed by atoms with Crippen molar-refractivity contribution in [1.29, 1.82) is 5.26 Å². The number of allylic oxidation sites excluding steroid dienone is 2. The van der Waals surface area contributed by atoms with Crippen LogP contribution in [0.4, 0.5) is 0 Å². The summed E-state index contributed by atoms with van der Waals surface area (Å²) in [7, 11) is 1.93. The molecule has 0 amide bonds. The molecule has 2 aliphatic rings. The quantitative estimate of drug-likeness (QED) is 0.786. The van der Waals surface area contributed by atoms with Gasteiger partial charge in [-0.3, -0.25) is 9.48 Å². The van der Waals surface area contributed by atoms with Gasteiger partial charge in [-0.2, -0.15) is 10.4 Å². The van der Waals surface area contributed by atoms with Crippen LogP contribution in [0.3, 0.4) is 0 Å². The van der Waals surface area contributed by atoms with Crippen LogP contribution in [0.2, 0.25) is 0 Å². The lowest BCUT2D eigenvalue weighted by molar-refractivity contribution is -0.122. The summed E-state index contributed by atoms with van der Waals surface area (Å²) in [6.45, 7) is 4.17. The Morgan fingerprint density at radius 1 is 1.60 bits per heavy atom. The second-order valence-corrected chi connectivity index (χ2v) is 6.15. The lowest BCUT2D eigenvalue weighted by Crippen LogP contribution is -2.46. The van der Waals surface area contributed by atoms with Crippen molar-refractivity contribution < 1.29 is 4.79 Å². The fourth-order valence-corrected chi connectivity index (χ4v) is 4.07. The van der Waals surface area contributed by atoms with Crippen LogP contribution in [0.1, 0.15) is 37.9 Å². The number of carbonyl (C=O) groups excluding carboxylic acids is 1. The number of ketones is 1. The molecule has 1 aromatic heterocycles. The Kier molecular flexibility index (Phi) is 2.82. The largest absolute Gasteiger partial charge is 0.293 e. The van der Waals surface area contributed by atoms with E-state index in [4.69, 9.17) is 0 Å². The zero-order chi connectivity index (χ0) is 14.5. The number of rotatable bonds is 1. The molecule has 1 heterocycles. The highest BCUT2D eigenvalue weighted by atomic mass is 16.1. The molecular weight excluding hydrogens is 250 g/mol. The molecule has 0 spiro atoms. The lowest BCUT2D eigenvalue weighted by atomic mass is 9.57. The van der Waals surface area contributed by atoms with Crippen LogP contribution in [0, 0.1) is 23.2 Å². The van der Waals surface area contributed by atoms with Crippen molar-refractivity contribution in [1.82, 2.24) is 9.78 Å². The van der Waals surface area contributed by atoms with Gasteiger partial charge in [-0.25, -0.2) is 0 Å². The number of Topliss-reactive ketones (excluding diaryl/α,β-unsaturated/α-hetero) is 1. The number of nitrogens with zero attached hydrogens (tertiary/aromatic N) is 3. The van der Waals surface area contributed by atoms with E-state index < -0.39 is 0 Å². The van der Waals surface area contributed by atoms with Crippen LogP contribution in [0.5, 0.6) is 0 Å². The van der Waals surface area contributed by atoms with Gasteiger partial charge in [0.2, 0.25) is 0 Å². The molecule has 0 fully saturated rings. The second-order valence-electron chi connectivity index (χ2n) is 6.15. The van der Waals surface area contributed by atoms with Gasteiger partial charge in [-0.15, -0.1) is 0 Å². The van der Waals surface area contributed by atoms with E-state index >= 15 is 0 Å². The summed E-state index contributed by atoms with van der Waals surface area (Å²) < 4.78 is 1.84. The topological polar surface area (TPSA) is 58.7 Å². The van der Waals surface area contributed by atoms with Crippen LogP contribution < -0.4 is 0 Å². The summed E-state index contributed by atoms with van der Waals surface area (Å²) >= 11 is 0. The minimum Gasteiger partial charge on any atom is -0.293 e. The number of hydrogen-bond acceptors (Lipinski definition) is 3. The Bertz CT molecular complexity index is 649. The molecule has 104 valence electrons. The first kappa shape index (κ1) is 13.1. The van der Waals surface area contributed by atoms with Gasteiger partial charge in [-0.05, 0) is 30.7 Å². The second kappa shape index (κ2) is 4.31. The van der Waals surface area contributed by atoms with Gasteiger partial charge < -0.3 is 0 Å². The molecule has 0 bridgehead atoms. The molecule has 0 N–H and O–H groups in total. The van der Waals surface area contributed by atoms with E-state index in [1.54, 1.807) is 0 Å². The van der Waals surface area contributed by atoms with Gasteiger partial charge in [0, 0.05) is 24.6 Å².